The van der Waals surface area contributed by atoms with Gasteiger partial charge in [-0.25, -0.2) is 9.50 Å². The third-order valence-corrected chi connectivity index (χ3v) is 3.85. The Morgan fingerprint density at radius 3 is 2.62 bits per heavy atom. The first-order valence-electron chi connectivity index (χ1n) is 7.04. The van der Waals surface area contributed by atoms with E-state index in [1.165, 1.54) is 16.9 Å². The number of aliphatic hydroxyl groups is 1. The fourth-order valence-electron chi connectivity index (χ4n) is 2.44. The quantitative estimate of drug-likeness (QED) is 0.745. The van der Waals surface area contributed by atoms with Crippen LogP contribution in [-0.2, 0) is 4.79 Å². The molecule has 0 spiro atoms. The Morgan fingerprint density at radius 2 is 1.92 bits per heavy atom. The van der Waals surface area contributed by atoms with Gasteiger partial charge in [-0.05, 0) is 12.1 Å². The van der Waals surface area contributed by atoms with Crippen LogP contribution in [0.1, 0.15) is 12.8 Å². The SMILES string of the molecule is O=C(O)CC/C(O)=c1\c(=O)cc(-c2ccccc2Cl)c2ncnn12. The largest absolute Gasteiger partial charge is 0.510 e. The molecular weight excluding hydrogens is 334 g/mol. The van der Waals surface area contributed by atoms with E-state index in [4.69, 9.17) is 16.7 Å². The molecule has 0 aliphatic heterocycles. The van der Waals surface area contributed by atoms with E-state index >= 15 is 0 Å². The number of pyridine rings is 1. The molecule has 0 saturated carbocycles. The number of aliphatic hydroxyl groups excluding tert-OH is 1. The van der Waals surface area contributed by atoms with Crippen molar-refractivity contribution in [2.75, 3.05) is 0 Å². The van der Waals surface area contributed by atoms with Crippen LogP contribution in [0.3, 0.4) is 0 Å². The average Bonchev–Trinajstić information content (AvgIpc) is 3.01. The van der Waals surface area contributed by atoms with Gasteiger partial charge in [-0.15, -0.1) is 0 Å². The van der Waals surface area contributed by atoms with E-state index in [0.29, 0.717) is 21.8 Å². The van der Waals surface area contributed by atoms with Crippen LogP contribution in [0.2, 0.25) is 5.02 Å². The van der Waals surface area contributed by atoms with E-state index in [-0.39, 0.29) is 23.9 Å². The molecule has 0 unspecified atom stereocenters. The highest BCUT2D eigenvalue weighted by molar-refractivity contribution is 6.33. The summed E-state index contributed by atoms with van der Waals surface area (Å²) in [5, 5.41) is 23.2. The van der Waals surface area contributed by atoms with Crippen molar-refractivity contribution in [2.24, 2.45) is 0 Å². The molecule has 0 aliphatic rings. The highest BCUT2D eigenvalue weighted by atomic mass is 35.5. The summed E-state index contributed by atoms with van der Waals surface area (Å²) in [5.41, 5.74) is 0.953. The van der Waals surface area contributed by atoms with E-state index in [2.05, 4.69) is 10.1 Å². The first-order chi connectivity index (χ1) is 11.5. The Labute approximate surface area is 140 Å². The number of fused-ring (bicyclic) bond motifs is 1. The van der Waals surface area contributed by atoms with Crippen molar-refractivity contribution in [3.8, 4) is 11.1 Å². The van der Waals surface area contributed by atoms with Gasteiger partial charge >= 0.3 is 5.97 Å². The second-order valence-electron chi connectivity index (χ2n) is 5.09. The standard InChI is InChI=1S/C16H12ClN3O4/c17-11-4-2-1-3-9(11)10-7-13(22)15(12(21)5-6-14(23)24)20-16(10)18-8-19-20/h1-4,7-8,21H,5-6H2,(H,23,24)/b15-12-. The van der Waals surface area contributed by atoms with Gasteiger partial charge in [-0.3, -0.25) is 9.59 Å². The lowest BCUT2D eigenvalue weighted by atomic mass is 10.1. The highest BCUT2D eigenvalue weighted by Crippen LogP contribution is 2.28. The zero-order valence-electron chi connectivity index (χ0n) is 12.3. The second-order valence-corrected chi connectivity index (χ2v) is 5.49. The number of carboxylic acid groups (broad SMARTS) is 1. The molecule has 0 amide bonds. The second kappa shape index (κ2) is 6.29. The lowest BCUT2D eigenvalue weighted by Gasteiger charge is -2.06. The van der Waals surface area contributed by atoms with Gasteiger partial charge in [-0.2, -0.15) is 5.10 Å². The van der Waals surface area contributed by atoms with Gasteiger partial charge in [0.05, 0.1) is 6.42 Å². The molecule has 7 nitrogen and oxygen atoms in total. The molecule has 0 saturated heterocycles. The number of carboxylic acids is 1. The van der Waals surface area contributed by atoms with Crippen molar-refractivity contribution in [1.82, 2.24) is 14.6 Å². The monoisotopic (exact) mass is 345 g/mol. The molecule has 2 aromatic heterocycles. The number of hydrogen-bond acceptors (Lipinski definition) is 5. The molecule has 122 valence electrons. The van der Waals surface area contributed by atoms with Gasteiger partial charge in [0.15, 0.2) is 11.0 Å². The molecule has 24 heavy (non-hydrogen) atoms. The third-order valence-electron chi connectivity index (χ3n) is 3.52. The fraction of sp³-hybridized carbons (Fsp3) is 0.125. The first-order valence-corrected chi connectivity index (χ1v) is 7.42. The van der Waals surface area contributed by atoms with Crippen LogP contribution in [0.5, 0.6) is 0 Å². The first kappa shape index (κ1) is 15.9. The zero-order valence-corrected chi connectivity index (χ0v) is 13.1. The fourth-order valence-corrected chi connectivity index (χ4v) is 2.68. The minimum absolute atomic E-state index is 0.0976. The Hall–Kier alpha value is -2.93. The Balaban J connectivity index is 2.29. The third kappa shape index (κ3) is 2.81. The van der Waals surface area contributed by atoms with Crippen molar-refractivity contribution in [3.05, 3.63) is 57.3 Å². The lowest BCUT2D eigenvalue weighted by molar-refractivity contribution is -0.136. The van der Waals surface area contributed by atoms with E-state index < -0.39 is 11.4 Å². The maximum atomic E-state index is 12.5. The van der Waals surface area contributed by atoms with E-state index in [1.807, 2.05) is 0 Å². The molecule has 0 aliphatic carbocycles. The van der Waals surface area contributed by atoms with Crippen LogP contribution in [0.4, 0.5) is 0 Å². The number of aromatic nitrogens is 3. The predicted molar refractivity (Wildman–Crippen MR) is 87.8 cm³/mol. The smallest absolute Gasteiger partial charge is 0.303 e. The summed E-state index contributed by atoms with van der Waals surface area (Å²) in [4.78, 5) is 27.3. The Morgan fingerprint density at radius 1 is 1.17 bits per heavy atom. The van der Waals surface area contributed by atoms with Crippen molar-refractivity contribution >= 4 is 29.0 Å². The van der Waals surface area contributed by atoms with Crippen molar-refractivity contribution in [1.29, 1.82) is 0 Å². The Kier molecular flexibility index (Phi) is 4.18. The maximum absolute atomic E-state index is 12.5. The molecule has 2 N–H and O–H groups in total. The molecule has 3 rings (SSSR count). The molecule has 0 bridgehead atoms. The zero-order chi connectivity index (χ0) is 17.3. The topological polar surface area (TPSA) is 105 Å². The number of rotatable bonds is 4. The van der Waals surface area contributed by atoms with Gasteiger partial charge in [0.2, 0.25) is 5.43 Å². The summed E-state index contributed by atoms with van der Waals surface area (Å²) in [6.07, 6.45) is 0.780. The van der Waals surface area contributed by atoms with Crippen LogP contribution in [0.15, 0.2) is 41.5 Å². The summed E-state index contributed by atoms with van der Waals surface area (Å²) >= 11 is 6.19. The normalized spacial score (nSPS) is 12.4. The van der Waals surface area contributed by atoms with Crippen molar-refractivity contribution < 1.29 is 15.0 Å². The molecule has 3 aromatic rings. The van der Waals surface area contributed by atoms with Gasteiger partial charge in [0, 0.05) is 22.6 Å². The molecule has 8 heteroatoms. The van der Waals surface area contributed by atoms with Crippen LogP contribution in [0, 0.1) is 0 Å². The predicted octanol–water partition coefficient (Wildman–Crippen LogP) is 1.66. The van der Waals surface area contributed by atoms with Crippen molar-refractivity contribution in [2.45, 2.75) is 12.8 Å². The molecular formula is C16H12ClN3O4. The van der Waals surface area contributed by atoms with Gasteiger partial charge in [-0.1, -0.05) is 29.8 Å². The number of carbonyl (C=O) groups is 1. The average molecular weight is 346 g/mol. The molecule has 2 heterocycles. The summed E-state index contributed by atoms with van der Waals surface area (Å²) in [7, 11) is 0. The van der Waals surface area contributed by atoms with Crippen LogP contribution in [0.25, 0.3) is 22.5 Å². The number of halogens is 1. The van der Waals surface area contributed by atoms with Crippen LogP contribution in [-0.4, -0.2) is 30.8 Å². The molecule has 0 radical (unpaired) electrons. The highest BCUT2D eigenvalue weighted by Gasteiger charge is 2.15. The number of benzene rings is 1. The van der Waals surface area contributed by atoms with Gasteiger partial charge < -0.3 is 10.2 Å². The van der Waals surface area contributed by atoms with E-state index in [0.717, 1.165) is 0 Å². The minimum atomic E-state index is -1.07. The van der Waals surface area contributed by atoms with Gasteiger partial charge in [0.25, 0.3) is 0 Å². The van der Waals surface area contributed by atoms with E-state index in [9.17, 15) is 14.7 Å². The minimum Gasteiger partial charge on any atom is -0.510 e. The number of nitrogens with zero attached hydrogens (tertiary/aromatic N) is 3. The van der Waals surface area contributed by atoms with Crippen LogP contribution < -0.4 is 10.8 Å². The lowest BCUT2D eigenvalue weighted by Crippen LogP contribution is -2.34. The summed E-state index contributed by atoms with van der Waals surface area (Å²) in [5.74, 6) is -1.42. The van der Waals surface area contributed by atoms with Crippen LogP contribution >= 0.6 is 11.6 Å². The Bertz CT molecular complexity index is 1050. The molecule has 0 atom stereocenters. The maximum Gasteiger partial charge on any atom is 0.303 e. The number of aliphatic carboxylic acids is 1. The summed E-state index contributed by atoms with van der Waals surface area (Å²) in [6, 6.07) is 8.31. The number of hydrogen-bond donors (Lipinski definition) is 2. The molecule has 0 fully saturated rings. The van der Waals surface area contributed by atoms with E-state index in [1.54, 1.807) is 24.3 Å². The summed E-state index contributed by atoms with van der Waals surface area (Å²) < 4.78 is 1.21. The summed E-state index contributed by atoms with van der Waals surface area (Å²) in [6.45, 7) is 0. The van der Waals surface area contributed by atoms with Gasteiger partial charge in [0.1, 0.15) is 12.1 Å². The molecule has 1 aromatic carbocycles. The van der Waals surface area contributed by atoms with Crippen molar-refractivity contribution in [3.63, 3.8) is 0 Å².